The number of carboxylic acids is 1. The highest BCUT2D eigenvalue weighted by atomic mass is 16.4. The Labute approximate surface area is 108 Å². The average molecular weight is 260 g/mol. The van der Waals surface area contributed by atoms with E-state index in [0.717, 1.165) is 32.1 Å². The largest absolute Gasteiger partial charge is 0.479 e. The summed E-state index contributed by atoms with van der Waals surface area (Å²) in [7, 11) is 0. The lowest BCUT2D eigenvalue weighted by Gasteiger charge is -2.18. The molecule has 0 rings (SSSR count). The molecular weight excluding hydrogens is 236 g/mol. The summed E-state index contributed by atoms with van der Waals surface area (Å²) in [6, 6.07) is -0.318. The number of nitrogens with one attached hydrogen (secondary N) is 2. The monoisotopic (exact) mass is 260 g/mol. The van der Waals surface area contributed by atoms with Gasteiger partial charge in [-0.25, -0.2) is 9.59 Å². The fraction of sp³-hybridized carbons (Fsp3) is 0.833. The third-order valence-corrected chi connectivity index (χ3v) is 2.62. The second-order valence-electron chi connectivity index (χ2n) is 4.34. The van der Waals surface area contributed by atoms with E-state index in [-0.39, 0.29) is 12.6 Å². The van der Waals surface area contributed by atoms with E-state index in [1.165, 1.54) is 0 Å². The van der Waals surface area contributed by atoms with Crippen molar-refractivity contribution in [3.63, 3.8) is 0 Å². The first kappa shape index (κ1) is 16.7. The molecule has 18 heavy (non-hydrogen) atoms. The van der Waals surface area contributed by atoms with Crippen LogP contribution < -0.4 is 10.6 Å². The number of aliphatic carboxylic acids is 1. The summed E-state index contributed by atoms with van der Waals surface area (Å²) >= 11 is 0. The number of amides is 2. The Morgan fingerprint density at radius 2 is 1.83 bits per heavy atom. The summed E-state index contributed by atoms with van der Waals surface area (Å²) in [5, 5.41) is 22.6. The predicted octanol–water partition coefficient (Wildman–Crippen LogP) is 1.09. The second-order valence-corrected chi connectivity index (χ2v) is 4.34. The zero-order valence-corrected chi connectivity index (χ0v) is 11.1. The number of carbonyl (C=O) groups excluding carboxylic acids is 1. The van der Waals surface area contributed by atoms with Gasteiger partial charge in [-0.1, -0.05) is 33.1 Å². The summed E-state index contributed by atoms with van der Waals surface area (Å²) < 4.78 is 0. The van der Waals surface area contributed by atoms with Gasteiger partial charge in [0.2, 0.25) is 0 Å². The van der Waals surface area contributed by atoms with Gasteiger partial charge in [0, 0.05) is 6.04 Å². The van der Waals surface area contributed by atoms with Crippen LogP contribution in [0.25, 0.3) is 0 Å². The molecule has 0 aromatic heterocycles. The molecule has 0 aromatic rings. The van der Waals surface area contributed by atoms with Gasteiger partial charge >= 0.3 is 12.0 Å². The third-order valence-electron chi connectivity index (χ3n) is 2.62. The van der Waals surface area contributed by atoms with Gasteiger partial charge in [-0.2, -0.15) is 0 Å². The van der Waals surface area contributed by atoms with E-state index in [1.807, 2.05) is 6.92 Å². The van der Waals surface area contributed by atoms with E-state index < -0.39 is 18.1 Å². The number of rotatable bonds is 9. The van der Waals surface area contributed by atoms with E-state index in [2.05, 4.69) is 17.6 Å². The van der Waals surface area contributed by atoms with Crippen molar-refractivity contribution in [2.24, 2.45) is 0 Å². The van der Waals surface area contributed by atoms with Crippen molar-refractivity contribution in [2.75, 3.05) is 6.54 Å². The highest BCUT2D eigenvalue weighted by Gasteiger charge is 2.15. The molecule has 2 unspecified atom stereocenters. The summed E-state index contributed by atoms with van der Waals surface area (Å²) in [6.07, 6.45) is 3.35. The molecule has 6 heteroatoms. The molecule has 4 N–H and O–H groups in total. The van der Waals surface area contributed by atoms with E-state index in [1.54, 1.807) is 0 Å². The fourth-order valence-corrected chi connectivity index (χ4v) is 1.60. The minimum absolute atomic E-state index is 0.108. The number of unbranched alkanes of at least 4 members (excludes halogenated alkanes) is 1. The van der Waals surface area contributed by atoms with Crippen molar-refractivity contribution in [2.45, 2.75) is 58.1 Å². The van der Waals surface area contributed by atoms with Crippen molar-refractivity contribution in [1.82, 2.24) is 10.6 Å². The fourth-order valence-electron chi connectivity index (χ4n) is 1.60. The molecule has 2 amide bonds. The Hall–Kier alpha value is -1.30. The second kappa shape index (κ2) is 9.70. The van der Waals surface area contributed by atoms with Crippen LogP contribution in [0.1, 0.15) is 46.0 Å². The van der Waals surface area contributed by atoms with Crippen molar-refractivity contribution < 1.29 is 19.8 Å². The van der Waals surface area contributed by atoms with Crippen LogP contribution in [0.5, 0.6) is 0 Å². The molecule has 0 saturated heterocycles. The minimum atomic E-state index is -1.56. The summed E-state index contributed by atoms with van der Waals surface area (Å²) in [5.74, 6) is -1.34. The summed E-state index contributed by atoms with van der Waals surface area (Å²) in [5.41, 5.74) is 0. The van der Waals surface area contributed by atoms with Crippen LogP contribution in [0.15, 0.2) is 0 Å². The van der Waals surface area contributed by atoms with Crippen LogP contribution in [-0.2, 0) is 4.79 Å². The lowest BCUT2D eigenvalue weighted by molar-refractivity contribution is -0.146. The Bertz CT molecular complexity index is 258. The van der Waals surface area contributed by atoms with E-state index >= 15 is 0 Å². The predicted molar refractivity (Wildman–Crippen MR) is 68.4 cm³/mol. The van der Waals surface area contributed by atoms with Gasteiger partial charge in [-0.05, 0) is 12.8 Å². The molecule has 0 fully saturated rings. The first-order valence-electron chi connectivity index (χ1n) is 6.46. The molecule has 0 saturated carbocycles. The van der Waals surface area contributed by atoms with Gasteiger partial charge in [-0.15, -0.1) is 0 Å². The quantitative estimate of drug-likeness (QED) is 0.498. The number of hydrogen-bond donors (Lipinski definition) is 4. The van der Waals surface area contributed by atoms with Crippen molar-refractivity contribution in [3.05, 3.63) is 0 Å². The maximum Gasteiger partial charge on any atom is 0.334 e. The van der Waals surface area contributed by atoms with Gasteiger partial charge in [-0.3, -0.25) is 0 Å². The minimum Gasteiger partial charge on any atom is -0.479 e. The number of urea groups is 1. The smallest absolute Gasteiger partial charge is 0.334 e. The molecule has 0 aliphatic rings. The number of aliphatic hydroxyl groups is 1. The molecular formula is C12H24N2O4. The summed E-state index contributed by atoms with van der Waals surface area (Å²) in [6.45, 7) is 3.85. The van der Waals surface area contributed by atoms with E-state index in [9.17, 15) is 9.59 Å². The molecule has 0 aliphatic carbocycles. The molecule has 0 radical (unpaired) electrons. The molecule has 106 valence electrons. The number of carbonyl (C=O) groups is 2. The summed E-state index contributed by atoms with van der Waals surface area (Å²) in [4.78, 5) is 21.8. The Morgan fingerprint density at radius 3 is 2.33 bits per heavy atom. The number of hydrogen-bond acceptors (Lipinski definition) is 3. The van der Waals surface area contributed by atoms with Crippen molar-refractivity contribution >= 4 is 12.0 Å². The van der Waals surface area contributed by atoms with Gasteiger partial charge in [0.05, 0.1) is 6.54 Å². The molecule has 0 aromatic carbocycles. The van der Waals surface area contributed by atoms with Crippen molar-refractivity contribution in [1.29, 1.82) is 0 Å². The van der Waals surface area contributed by atoms with E-state index in [4.69, 9.17) is 10.2 Å². The van der Waals surface area contributed by atoms with Gasteiger partial charge < -0.3 is 20.8 Å². The molecule has 2 atom stereocenters. The third kappa shape index (κ3) is 7.89. The van der Waals surface area contributed by atoms with Crippen LogP contribution in [0.2, 0.25) is 0 Å². The lowest BCUT2D eigenvalue weighted by Crippen LogP contribution is -2.45. The van der Waals surface area contributed by atoms with Crippen LogP contribution in [-0.4, -0.2) is 40.9 Å². The maximum absolute atomic E-state index is 11.5. The topological polar surface area (TPSA) is 98.7 Å². The Balaban J connectivity index is 3.97. The van der Waals surface area contributed by atoms with E-state index in [0.29, 0.717) is 0 Å². The zero-order valence-electron chi connectivity index (χ0n) is 11.1. The van der Waals surface area contributed by atoms with Gasteiger partial charge in [0.1, 0.15) is 0 Å². The Morgan fingerprint density at radius 1 is 1.17 bits per heavy atom. The van der Waals surface area contributed by atoms with Crippen LogP contribution in [0.4, 0.5) is 4.79 Å². The molecule has 6 nitrogen and oxygen atoms in total. The van der Waals surface area contributed by atoms with Crippen LogP contribution in [0.3, 0.4) is 0 Å². The van der Waals surface area contributed by atoms with Crippen LogP contribution in [0, 0.1) is 0 Å². The molecule has 0 bridgehead atoms. The van der Waals surface area contributed by atoms with Crippen LogP contribution >= 0.6 is 0 Å². The van der Waals surface area contributed by atoms with Crippen molar-refractivity contribution in [3.8, 4) is 0 Å². The Kier molecular flexibility index (Phi) is 9.00. The highest BCUT2D eigenvalue weighted by Crippen LogP contribution is 2.06. The first-order chi connectivity index (χ1) is 8.51. The van der Waals surface area contributed by atoms with Gasteiger partial charge in [0.25, 0.3) is 0 Å². The zero-order chi connectivity index (χ0) is 14.0. The standard InChI is InChI=1S/C12H24N2O4/c1-3-5-7-9(6-4-2)14-12(18)13-8-10(15)11(16)17/h9-10,15H,3-8H2,1-2H3,(H,16,17)(H2,13,14,18). The molecule has 0 heterocycles. The number of carboxylic acid groups (broad SMARTS) is 1. The maximum atomic E-state index is 11.5. The number of aliphatic hydroxyl groups excluding tert-OH is 1. The molecule has 0 spiro atoms. The van der Waals surface area contributed by atoms with Gasteiger partial charge in [0.15, 0.2) is 6.10 Å². The SMILES string of the molecule is CCCCC(CCC)NC(=O)NCC(O)C(=O)O. The lowest BCUT2D eigenvalue weighted by atomic mass is 10.1. The highest BCUT2D eigenvalue weighted by molar-refractivity contribution is 5.76. The average Bonchev–Trinajstić information content (AvgIpc) is 2.33. The first-order valence-corrected chi connectivity index (χ1v) is 6.46. The molecule has 0 aliphatic heterocycles. The normalized spacial score (nSPS) is 13.7.